The van der Waals surface area contributed by atoms with Crippen LogP contribution >= 0.6 is 0 Å². The maximum absolute atomic E-state index is 13.1. The third-order valence-electron chi connectivity index (χ3n) is 5.12. The summed E-state index contributed by atoms with van der Waals surface area (Å²) in [5, 5.41) is 8.06. The van der Waals surface area contributed by atoms with Gasteiger partial charge in [-0.2, -0.15) is 4.68 Å². The maximum atomic E-state index is 13.1. The summed E-state index contributed by atoms with van der Waals surface area (Å²) in [6.45, 7) is 3.77. The molecule has 0 spiro atoms. The highest BCUT2D eigenvalue weighted by Crippen LogP contribution is 2.32. The highest BCUT2D eigenvalue weighted by atomic mass is 16.6. The molecular weight excluding hydrogens is 384 g/mol. The van der Waals surface area contributed by atoms with E-state index in [-0.39, 0.29) is 18.2 Å². The van der Waals surface area contributed by atoms with Gasteiger partial charge in [-0.1, -0.05) is 43.3 Å². The van der Waals surface area contributed by atoms with Crippen LogP contribution in [-0.4, -0.2) is 45.9 Å². The molecule has 2 atom stereocenters. The molecule has 8 nitrogen and oxygen atoms in total. The predicted molar refractivity (Wildman–Crippen MR) is 111 cm³/mol. The maximum Gasteiger partial charge on any atom is 0.354 e. The molecule has 0 N–H and O–H groups in total. The number of aliphatic imine (C=N–C) groups is 1. The summed E-state index contributed by atoms with van der Waals surface area (Å²) in [7, 11) is 1.59. The molecule has 4 rings (SSSR count). The van der Waals surface area contributed by atoms with Crippen molar-refractivity contribution in [1.82, 2.24) is 15.0 Å². The summed E-state index contributed by atoms with van der Waals surface area (Å²) in [5.74, 6) is -0.526. The minimum Gasteiger partial charge on any atom is -0.497 e. The minimum absolute atomic E-state index is 0.0481. The molecule has 2 aromatic carbocycles. The van der Waals surface area contributed by atoms with Crippen LogP contribution in [-0.2, 0) is 9.53 Å². The second kappa shape index (κ2) is 8.06. The molecule has 0 radical (unpaired) electrons. The van der Waals surface area contributed by atoms with Crippen LogP contribution in [0.25, 0.3) is 11.0 Å². The molecule has 30 heavy (non-hydrogen) atoms. The summed E-state index contributed by atoms with van der Waals surface area (Å²) < 4.78 is 12.1. The molecule has 0 saturated carbocycles. The molecule has 2 heterocycles. The fourth-order valence-electron chi connectivity index (χ4n) is 3.51. The Balaban J connectivity index is 1.68. The number of cyclic esters (lactones) is 1. The van der Waals surface area contributed by atoms with Crippen molar-refractivity contribution in [3.63, 3.8) is 0 Å². The third kappa shape index (κ3) is 3.68. The van der Waals surface area contributed by atoms with E-state index in [0.29, 0.717) is 22.5 Å². The Morgan fingerprint density at radius 3 is 2.57 bits per heavy atom. The topological polar surface area (TPSA) is 95.7 Å². The lowest BCUT2D eigenvalue weighted by molar-refractivity contribution is -0.138. The number of methoxy groups -OCH3 is 1. The summed E-state index contributed by atoms with van der Waals surface area (Å²) in [6.07, 6.45) is -0.728. The normalized spacial score (nSPS) is 17.1. The van der Waals surface area contributed by atoms with E-state index in [9.17, 15) is 9.59 Å². The van der Waals surface area contributed by atoms with E-state index in [2.05, 4.69) is 15.3 Å². The number of nitrogens with zero attached hydrogens (tertiary/aromatic N) is 4. The zero-order valence-corrected chi connectivity index (χ0v) is 17.0. The van der Waals surface area contributed by atoms with Gasteiger partial charge in [-0.15, -0.1) is 5.10 Å². The molecule has 1 aliphatic heterocycles. The van der Waals surface area contributed by atoms with E-state index in [1.54, 1.807) is 19.2 Å². The lowest BCUT2D eigenvalue weighted by Crippen LogP contribution is -2.25. The number of carbonyl (C=O) groups is 2. The average Bonchev–Trinajstić information content (AvgIpc) is 3.36. The fraction of sp³-hybridized carbons (Fsp3) is 0.318. The van der Waals surface area contributed by atoms with Crippen molar-refractivity contribution in [1.29, 1.82) is 0 Å². The van der Waals surface area contributed by atoms with E-state index in [1.165, 1.54) is 4.68 Å². The first-order valence-corrected chi connectivity index (χ1v) is 9.74. The highest BCUT2D eigenvalue weighted by molar-refractivity contribution is 6.38. The lowest BCUT2D eigenvalue weighted by atomic mass is 9.93. The number of aromatic nitrogens is 3. The van der Waals surface area contributed by atoms with Crippen LogP contribution < -0.4 is 4.74 Å². The number of para-hydroxylation sites is 1. The average molecular weight is 406 g/mol. The van der Waals surface area contributed by atoms with Crippen molar-refractivity contribution in [2.45, 2.75) is 32.4 Å². The quantitative estimate of drug-likeness (QED) is 0.583. The fourth-order valence-corrected chi connectivity index (χ4v) is 3.51. The lowest BCUT2D eigenvalue weighted by Gasteiger charge is -2.20. The van der Waals surface area contributed by atoms with Crippen LogP contribution in [0, 0.1) is 5.92 Å². The van der Waals surface area contributed by atoms with Crippen LogP contribution in [0.3, 0.4) is 0 Å². The van der Waals surface area contributed by atoms with E-state index in [4.69, 9.17) is 9.47 Å². The van der Waals surface area contributed by atoms with E-state index in [1.807, 2.05) is 50.2 Å². The number of hydrogen-bond donors (Lipinski definition) is 0. The Bertz CT molecular complexity index is 1120. The molecule has 0 amide bonds. The monoisotopic (exact) mass is 406 g/mol. The largest absolute Gasteiger partial charge is 0.497 e. The first-order chi connectivity index (χ1) is 14.5. The first kappa shape index (κ1) is 19.8. The van der Waals surface area contributed by atoms with Crippen LogP contribution in [0.2, 0.25) is 0 Å². The second-order valence-corrected chi connectivity index (χ2v) is 7.43. The Kier molecular flexibility index (Phi) is 5.31. The van der Waals surface area contributed by atoms with Gasteiger partial charge in [0.2, 0.25) is 12.1 Å². The summed E-state index contributed by atoms with van der Waals surface area (Å²) in [4.78, 5) is 29.9. The van der Waals surface area contributed by atoms with Crippen LogP contribution in [0.15, 0.2) is 53.5 Å². The van der Waals surface area contributed by atoms with Gasteiger partial charge in [0.15, 0.2) is 0 Å². The zero-order valence-electron chi connectivity index (χ0n) is 17.0. The zero-order chi connectivity index (χ0) is 21.3. The minimum atomic E-state index is -0.776. The molecule has 1 aromatic heterocycles. The van der Waals surface area contributed by atoms with Gasteiger partial charge < -0.3 is 9.47 Å². The van der Waals surface area contributed by atoms with E-state index in [0.717, 1.165) is 5.56 Å². The van der Waals surface area contributed by atoms with E-state index < -0.39 is 18.1 Å². The van der Waals surface area contributed by atoms with Gasteiger partial charge in [-0.3, -0.25) is 4.79 Å². The number of carbonyl (C=O) groups excluding carboxylic acids is 2. The molecule has 154 valence electrons. The van der Waals surface area contributed by atoms with Gasteiger partial charge >= 0.3 is 5.97 Å². The highest BCUT2D eigenvalue weighted by Gasteiger charge is 2.37. The third-order valence-corrected chi connectivity index (χ3v) is 5.12. The van der Waals surface area contributed by atoms with Gasteiger partial charge in [-0.05, 0) is 29.8 Å². The van der Waals surface area contributed by atoms with Gasteiger partial charge in [0.25, 0.3) is 0 Å². The summed E-state index contributed by atoms with van der Waals surface area (Å²) in [6, 6.07) is 14.6. The number of esters is 1. The molecular formula is C22H22N4O4. The second-order valence-electron chi connectivity index (χ2n) is 7.43. The Morgan fingerprint density at radius 1 is 1.17 bits per heavy atom. The predicted octanol–water partition coefficient (Wildman–Crippen LogP) is 3.23. The van der Waals surface area contributed by atoms with Crippen LogP contribution in [0.1, 0.15) is 36.5 Å². The molecule has 1 aliphatic rings. The molecule has 8 heteroatoms. The molecule has 0 saturated heterocycles. The van der Waals surface area contributed by atoms with Crippen molar-refractivity contribution < 1.29 is 19.1 Å². The van der Waals surface area contributed by atoms with Crippen LogP contribution in [0.4, 0.5) is 0 Å². The van der Waals surface area contributed by atoms with Gasteiger partial charge in [0.1, 0.15) is 17.0 Å². The van der Waals surface area contributed by atoms with Crippen molar-refractivity contribution >= 4 is 28.6 Å². The van der Waals surface area contributed by atoms with Gasteiger partial charge in [-0.25, -0.2) is 9.79 Å². The van der Waals surface area contributed by atoms with Crippen molar-refractivity contribution in [3.8, 4) is 5.75 Å². The Hall–Kier alpha value is -3.55. The molecule has 0 bridgehead atoms. The van der Waals surface area contributed by atoms with Crippen molar-refractivity contribution in [2.75, 3.05) is 7.11 Å². The Morgan fingerprint density at radius 2 is 1.90 bits per heavy atom. The van der Waals surface area contributed by atoms with Gasteiger partial charge in [0, 0.05) is 12.3 Å². The SMILES string of the molecule is COc1ccc([C@@H](CC(=O)n2nnc3ccccc32)C2N=C(C(C)C)C(=O)O2)cc1. The molecule has 0 aliphatic carbocycles. The number of ether oxygens (including phenoxy) is 2. The number of fused-ring (bicyclic) bond motifs is 1. The Labute approximate surface area is 173 Å². The summed E-state index contributed by atoms with van der Waals surface area (Å²) in [5.41, 5.74) is 2.47. The van der Waals surface area contributed by atoms with Crippen LogP contribution in [0.5, 0.6) is 5.75 Å². The van der Waals surface area contributed by atoms with Crippen molar-refractivity contribution in [3.05, 3.63) is 54.1 Å². The standard InChI is InChI=1S/C22H22N4O4/c1-13(2)20-22(28)30-21(23-20)16(14-8-10-15(29-3)11-9-14)12-19(27)26-18-7-5-4-6-17(18)24-25-26/h4-11,13,16,21H,12H2,1-3H3/t16-,21?/m1/s1. The molecule has 0 fully saturated rings. The molecule has 3 aromatic rings. The smallest absolute Gasteiger partial charge is 0.354 e. The molecule has 1 unspecified atom stereocenters. The number of rotatable bonds is 6. The summed E-state index contributed by atoms with van der Waals surface area (Å²) >= 11 is 0. The number of hydrogen-bond acceptors (Lipinski definition) is 7. The van der Waals surface area contributed by atoms with Gasteiger partial charge in [0.05, 0.1) is 18.5 Å². The number of benzene rings is 2. The van der Waals surface area contributed by atoms with E-state index >= 15 is 0 Å². The van der Waals surface area contributed by atoms with Crippen molar-refractivity contribution in [2.24, 2.45) is 10.9 Å². The first-order valence-electron chi connectivity index (χ1n) is 9.74.